The Morgan fingerprint density at radius 3 is 2.13 bits per heavy atom. The highest BCUT2D eigenvalue weighted by Gasteiger charge is 2.35. The Morgan fingerprint density at radius 1 is 0.848 bits per heavy atom. The highest BCUT2D eigenvalue weighted by Crippen LogP contribution is 2.38. The number of methoxy groups -OCH3 is 4. The number of carbonyl (C=O) groups is 2. The summed E-state index contributed by atoms with van der Waals surface area (Å²) in [7, 11) is 1.28. The summed E-state index contributed by atoms with van der Waals surface area (Å²) in [5, 5.41) is 2.94. The lowest BCUT2D eigenvalue weighted by Crippen LogP contribution is -2.52. The van der Waals surface area contributed by atoms with Crippen molar-refractivity contribution in [3.8, 4) is 23.0 Å². The number of carbonyl (C=O) groups excluding carboxylic acids is 2. The summed E-state index contributed by atoms with van der Waals surface area (Å²) in [6.45, 7) is 5.72. The second kappa shape index (κ2) is 16.7. The van der Waals surface area contributed by atoms with Crippen LogP contribution in [0.25, 0.3) is 0 Å². The Labute approximate surface area is 272 Å². The Morgan fingerprint density at radius 2 is 1.52 bits per heavy atom. The van der Waals surface area contributed by atoms with Crippen molar-refractivity contribution in [1.29, 1.82) is 0 Å². The highest BCUT2D eigenvalue weighted by atomic mass is 32.2. The molecule has 11 nitrogen and oxygen atoms in total. The van der Waals surface area contributed by atoms with E-state index in [2.05, 4.69) is 5.32 Å². The summed E-state index contributed by atoms with van der Waals surface area (Å²) >= 11 is 0. The minimum absolute atomic E-state index is 0.0845. The molecular formula is C34H45N3O8S. The van der Waals surface area contributed by atoms with Gasteiger partial charge in [-0.1, -0.05) is 44.5 Å². The molecule has 46 heavy (non-hydrogen) atoms. The molecule has 0 saturated carbocycles. The molecule has 250 valence electrons. The van der Waals surface area contributed by atoms with Gasteiger partial charge >= 0.3 is 0 Å². The number of sulfonamides is 1. The molecule has 0 fully saturated rings. The SMILES string of the molecule is CCCCNC(=O)[C@@H](CC)N(Cc1ccccc1C)C(=O)CN(c1cc(OC)ccc1OC)S(=O)(=O)c1ccc(OC)c(OC)c1. The number of amides is 2. The maximum absolute atomic E-state index is 14.5. The van der Waals surface area contributed by atoms with Crippen LogP contribution in [0.3, 0.4) is 0 Å². The first-order valence-electron chi connectivity index (χ1n) is 15.1. The monoisotopic (exact) mass is 655 g/mol. The Balaban J connectivity index is 2.18. The predicted molar refractivity (Wildman–Crippen MR) is 177 cm³/mol. The van der Waals surface area contributed by atoms with Crippen molar-refractivity contribution >= 4 is 27.5 Å². The lowest BCUT2D eigenvalue weighted by Gasteiger charge is -2.34. The molecule has 12 heteroatoms. The average Bonchev–Trinajstić information content (AvgIpc) is 3.07. The van der Waals surface area contributed by atoms with E-state index in [0.29, 0.717) is 24.5 Å². The first kappa shape index (κ1) is 36.0. The van der Waals surface area contributed by atoms with Crippen LogP contribution in [-0.4, -0.2) is 72.7 Å². The van der Waals surface area contributed by atoms with Gasteiger partial charge in [-0.05, 0) is 55.2 Å². The Kier molecular flexibility index (Phi) is 13.1. The van der Waals surface area contributed by atoms with E-state index in [-0.39, 0.29) is 34.5 Å². The molecule has 0 heterocycles. The van der Waals surface area contributed by atoms with Crippen LogP contribution in [0.2, 0.25) is 0 Å². The molecule has 0 radical (unpaired) electrons. The number of aryl methyl sites for hydroxylation is 1. The Hall–Kier alpha value is -4.45. The average molecular weight is 656 g/mol. The molecular weight excluding hydrogens is 610 g/mol. The van der Waals surface area contributed by atoms with E-state index in [0.717, 1.165) is 28.3 Å². The van der Waals surface area contributed by atoms with Crippen LogP contribution in [0.4, 0.5) is 5.69 Å². The number of nitrogens with zero attached hydrogens (tertiary/aromatic N) is 2. The fraction of sp³-hybridized carbons (Fsp3) is 0.412. The molecule has 0 unspecified atom stereocenters. The zero-order valence-corrected chi connectivity index (χ0v) is 28.5. The van der Waals surface area contributed by atoms with Gasteiger partial charge in [-0.25, -0.2) is 8.42 Å². The predicted octanol–water partition coefficient (Wildman–Crippen LogP) is 4.95. The largest absolute Gasteiger partial charge is 0.497 e. The number of unbranched alkanes of at least 4 members (excludes halogenated alkanes) is 1. The smallest absolute Gasteiger partial charge is 0.265 e. The van der Waals surface area contributed by atoms with Gasteiger partial charge in [0.05, 0.1) is 39.0 Å². The van der Waals surface area contributed by atoms with Gasteiger partial charge in [0.2, 0.25) is 11.8 Å². The van der Waals surface area contributed by atoms with Crippen LogP contribution in [0.5, 0.6) is 23.0 Å². The topological polar surface area (TPSA) is 124 Å². The van der Waals surface area contributed by atoms with Crippen molar-refractivity contribution in [2.45, 2.75) is 57.5 Å². The number of hydrogen-bond donors (Lipinski definition) is 1. The van der Waals surface area contributed by atoms with Gasteiger partial charge in [-0.2, -0.15) is 0 Å². The summed E-state index contributed by atoms with van der Waals surface area (Å²) in [6, 6.07) is 15.6. The number of benzene rings is 3. The van der Waals surface area contributed by atoms with Crippen molar-refractivity contribution in [3.63, 3.8) is 0 Å². The summed E-state index contributed by atoms with van der Waals surface area (Å²) in [4.78, 5) is 29.2. The second-order valence-electron chi connectivity index (χ2n) is 10.6. The number of ether oxygens (including phenoxy) is 4. The fourth-order valence-corrected chi connectivity index (χ4v) is 6.44. The third kappa shape index (κ3) is 8.42. The molecule has 1 N–H and O–H groups in total. The molecule has 2 amide bonds. The van der Waals surface area contributed by atoms with Gasteiger partial charge in [0, 0.05) is 25.2 Å². The number of anilines is 1. The van der Waals surface area contributed by atoms with Crippen LogP contribution in [0.15, 0.2) is 65.6 Å². The number of rotatable bonds is 17. The molecule has 0 aliphatic carbocycles. The maximum Gasteiger partial charge on any atom is 0.265 e. The molecule has 0 spiro atoms. The molecule has 3 aromatic rings. The zero-order chi connectivity index (χ0) is 33.9. The lowest BCUT2D eigenvalue weighted by atomic mass is 10.1. The van der Waals surface area contributed by atoms with Crippen molar-refractivity contribution in [2.24, 2.45) is 0 Å². The van der Waals surface area contributed by atoms with E-state index in [4.69, 9.17) is 18.9 Å². The number of nitrogens with one attached hydrogen (secondary N) is 1. The summed E-state index contributed by atoms with van der Waals surface area (Å²) in [6.07, 6.45) is 2.01. The fourth-order valence-electron chi connectivity index (χ4n) is 5.01. The van der Waals surface area contributed by atoms with Crippen molar-refractivity contribution in [1.82, 2.24) is 10.2 Å². The molecule has 0 bridgehead atoms. The van der Waals surface area contributed by atoms with Gasteiger partial charge in [-0.3, -0.25) is 13.9 Å². The van der Waals surface area contributed by atoms with Gasteiger partial charge in [0.15, 0.2) is 11.5 Å². The third-order valence-electron chi connectivity index (χ3n) is 7.69. The van der Waals surface area contributed by atoms with E-state index < -0.39 is 28.5 Å². The third-order valence-corrected chi connectivity index (χ3v) is 9.45. The lowest BCUT2D eigenvalue weighted by molar-refractivity contribution is -0.140. The van der Waals surface area contributed by atoms with Crippen LogP contribution < -0.4 is 28.6 Å². The minimum atomic E-state index is -4.43. The quantitative estimate of drug-likeness (QED) is 0.203. The molecule has 0 saturated heterocycles. The van der Waals surface area contributed by atoms with E-state index in [1.54, 1.807) is 12.1 Å². The highest BCUT2D eigenvalue weighted by molar-refractivity contribution is 7.92. The summed E-state index contributed by atoms with van der Waals surface area (Å²) < 4.78 is 51.6. The number of hydrogen-bond acceptors (Lipinski definition) is 8. The maximum atomic E-state index is 14.5. The zero-order valence-electron chi connectivity index (χ0n) is 27.7. The Bertz CT molecular complexity index is 1590. The van der Waals surface area contributed by atoms with Crippen LogP contribution >= 0.6 is 0 Å². The summed E-state index contributed by atoms with van der Waals surface area (Å²) in [5.74, 6) is 0.221. The normalized spacial score (nSPS) is 11.7. The van der Waals surface area contributed by atoms with E-state index in [9.17, 15) is 18.0 Å². The molecule has 1 atom stereocenters. The van der Waals surface area contributed by atoms with Gasteiger partial charge < -0.3 is 29.2 Å². The first-order valence-corrected chi connectivity index (χ1v) is 16.6. The van der Waals surface area contributed by atoms with Crippen molar-refractivity contribution < 1.29 is 37.0 Å². The molecule has 0 aliphatic rings. The van der Waals surface area contributed by atoms with E-state index in [1.807, 2.05) is 45.0 Å². The van der Waals surface area contributed by atoms with Gasteiger partial charge in [0.1, 0.15) is 24.1 Å². The molecule has 0 aromatic heterocycles. The van der Waals surface area contributed by atoms with Crippen LogP contribution in [0.1, 0.15) is 44.2 Å². The first-order chi connectivity index (χ1) is 22.1. The van der Waals surface area contributed by atoms with E-state index >= 15 is 0 Å². The van der Waals surface area contributed by atoms with Crippen molar-refractivity contribution in [3.05, 3.63) is 71.8 Å². The minimum Gasteiger partial charge on any atom is -0.497 e. The molecule has 3 rings (SSSR count). The molecule has 3 aromatic carbocycles. The second-order valence-corrected chi connectivity index (χ2v) is 12.4. The van der Waals surface area contributed by atoms with Gasteiger partial charge in [-0.15, -0.1) is 0 Å². The van der Waals surface area contributed by atoms with Crippen LogP contribution in [0, 0.1) is 6.92 Å². The van der Waals surface area contributed by atoms with Gasteiger partial charge in [0.25, 0.3) is 10.0 Å². The standard InChI is InChI=1S/C34H45N3O8S/c1-8-10-19-35-34(39)28(9-2)36(22-25-14-12-11-13-24(25)3)33(38)23-37(29-20-26(42-4)15-17-30(29)43-5)46(40,41)27-16-18-31(44-6)32(21-27)45-7/h11-18,20-21,28H,8-10,19,22-23H2,1-7H3,(H,35,39)/t28-/m1/s1. The van der Waals surface area contributed by atoms with Crippen LogP contribution in [-0.2, 0) is 26.2 Å². The summed E-state index contributed by atoms with van der Waals surface area (Å²) in [5.41, 5.74) is 1.86. The van der Waals surface area contributed by atoms with Crippen molar-refractivity contribution in [2.75, 3.05) is 45.8 Å². The van der Waals surface area contributed by atoms with E-state index in [1.165, 1.54) is 57.6 Å². The molecule has 0 aliphatic heterocycles.